The van der Waals surface area contributed by atoms with Gasteiger partial charge in [0.2, 0.25) is 0 Å². The van der Waals surface area contributed by atoms with Crippen molar-refractivity contribution in [3.8, 4) is 0 Å². The summed E-state index contributed by atoms with van der Waals surface area (Å²) < 4.78 is 0. The average molecular weight is 285 g/mol. The van der Waals surface area contributed by atoms with E-state index < -0.39 is 0 Å². The lowest BCUT2D eigenvalue weighted by atomic mass is 9.82. The highest BCUT2D eigenvalue weighted by Gasteiger charge is 2.18. The summed E-state index contributed by atoms with van der Waals surface area (Å²) in [5, 5.41) is 3.63. The molecule has 0 radical (unpaired) electrons. The first-order valence-electron chi connectivity index (χ1n) is 8.57. The third-order valence-electron chi connectivity index (χ3n) is 4.62. The molecule has 1 heteroatoms. The highest BCUT2D eigenvalue weighted by molar-refractivity contribution is 5.58. The lowest BCUT2D eigenvalue weighted by molar-refractivity contribution is 0.394. The van der Waals surface area contributed by atoms with E-state index in [0.717, 1.165) is 12.5 Å². The Hall–Kier alpha value is -1.08. The van der Waals surface area contributed by atoms with Crippen LogP contribution < -0.4 is 5.32 Å². The maximum Gasteiger partial charge on any atom is 0.0173 e. The van der Waals surface area contributed by atoms with Crippen molar-refractivity contribution in [3.05, 3.63) is 40.5 Å². The van der Waals surface area contributed by atoms with Crippen LogP contribution in [0, 0.1) is 19.8 Å². The lowest BCUT2D eigenvalue weighted by Crippen LogP contribution is -2.28. The number of hydrogen-bond acceptors (Lipinski definition) is 1. The highest BCUT2D eigenvalue weighted by Crippen LogP contribution is 2.31. The second-order valence-electron chi connectivity index (χ2n) is 6.95. The normalized spacial score (nSPS) is 17.5. The fourth-order valence-corrected chi connectivity index (χ4v) is 3.22. The standard InChI is InChI=1S/C20H31N/c1-15(2)21-14-20(18-8-6-5-7-9-18)13-19-12-16(3)10-11-17(19)4/h10-13,15,18,21H,5-9,14H2,1-4H3/b20-13-. The molecule has 1 N–H and O–H groups in total. The van der Waals surface area contributed by atoms with E-state index in [0.29, 0.717) is 6.04 Å². The zero-order valence-corrected chi connectivity index (χ0v) is 14.2. The smallest absolute Gasteiger partial charge is 0.0173 e. The van der Waals surface area contributed by atoms with Crippen LogP contribution in [-0.2, 0) is 0 Å². The molecule has 116 valence electrons. The number of aryl methyl sites for hydroxylation is 2. The molecule has 1 saturated carbocycles. The summed E-state index contributed by atoms with van der Waals surface area (Å²) in [5.74, 6) is 0.782. The minimum Gasteiger partial charge on any atom is -0.311 e. The monoisotopic (exact) mass is 285 g/mol. The molecule has 1 aliphatic carbocycles. The Morgan fingerprint density at radius 2 is 1.90 bits per heavy atom. The predicted octanol–water partition coefficient (Wildman–Crippen LogP) is 5.27. The summed E-state index contributed by atoms with van der Waals surface area (Å²) in [7, 11) is 0. The van der Waals surface area contributed by atoms with Gasteiger partial charge in [0.25, 0.3) is 0 Å². The van der Waals surface area contributed by atoms with Gasteiger partial charge in [-0.1, -0.05) is 68.5 Å². The molecule has 0 heterocycles. The van der Waals surface area contributed by atoms with Gasteiger partial charge in [-0.25, -0.2) is 0 Å². The molecule has 0 bridgehead atoms. The van der Waals surface area contributed by atoms with Crippen molar-refractivity contribution in [2.75, 3.05) is 6.54 Å². The van der Waals surface area contributed by atoms with Crippen LogP contribution in [-0.4, -0.2) is 12.6 Å². The second-order valence-corrected chi connectivity index (χ2v) is 6.95. The van der Waals surface area contributed by atoms with Gasteiger partial charge in [-0.15, -0.1) is 0 Å². The molecule has 1 aliphatic rings. The fourth-order valence-electron chi connectivity index (χ4n) is 3.22. The predicted molar refractivity (Wildman–Crippen MR) is 93.6 cm³/mol. The number of nitrogens with one attached hydrogen (secondary N) is 1. The summed E-state index contributed by atoms with van der Waals surface area (Å²) in [6, 6.07) is 7.33. The van der Waals surface area contributed by atoms with Crippen LogP contribution in [0.3, 0.4) is 0 Å². The van der Waals surface area contributed by atoms with Crippen LogP contribution >= 0.6 is 0 Å². The Bertz CT molecular complexity index is 479. The first-order valence-corrected chi connectivity index (χ1v) is 8.57. The van der Waals surface area contributed by atoms with E-state index in [-0.39, 0.29) is 0 Å². The van der Waals surface area contributed by atoms with Gasteiger partial charge in [-0.3, -0.25) is 0 Å². The van der Waals surface area contributed by atoms with Crippen LogP contribution in [0.4, 0.5) is 0 Å². The quantitative estimate of drug-likeness (QED) is 0.777. The third-order valence-corrected chi connectivity index (χ3v) is 4.62. The van der Waals surface area contributed by atoms with Gasteiger partial charge in [0.1, 0.15) is 0 Å². The van der Waals surface area contributed by atoms with Crippen LogP contribution in [0.15, 0.2) is 23.8 Å². The molecule has 0 unspecified atom stereocenters. The van der Waals surface area contributed by atoms with Crippen molar-refractivity contribution in [2.24, 2.45) is 5.92 Å². The molecule has 0 saturated heterocycles. The average Bonchev–Trinajstić information content (AvgIpc) is 2.47. The first-order chi connectivity index (χ1) is 10.1. The zero-order chi connectivity index (χ0) is 15.2. The molecule has 1 aromatic rings. The van der Waals surface area contributed by atoms with E-state index in [4.69, 9.17) is 0 Å². The van der Waals surface area contributed by atoms with Crippen LogP contribution in [0.2, 0.25) is 0 Å². The molecule has 0 aliphatic heterocycles. The third kappa shape index (κ3) is 5.00. The van der Waals surface area contributed by atoms with Crippen molar-refractivity contribution in [1.29, 1.82) is 0 Å². The number of rotatable bonds is 5. The van der Waals surface area contributed by atoms with Crippen molar-refractivity contribution in [3.63, 3.8) is 0 Å². The van der Waals surface area contributed by atoms with Crippen molar-refractivity contribution in [1.82, 2.24) is 5.32 Å². The van der Waals surface area contributed by atoms with Crippen molar-refractivity contribution in [2.45, 2.75) is 65.8 Å². The molecule has 0 atom stereocenters. The molecule has 1 fully saturated rings. The summed E-state index contributed by atoms with van der Waals surface area (Å²) in [6.07, 6.45) is 9.43. The van der Waals surface area contributed by atoms with Crippen LogP contribution in [0.5, 0.6) is 0 Å². The molecule has 1 nitrogen and oxygen atoms in total. The van der Waals surface area contributed by atoms with Gasteiger partial charge >= 0.3 is 0 Å². The van der Waals surface area contributed by atoms with Crippen molar-refractivity contribution >= 4 is 6.08 Å². The van der Waals surface area contributed by atoms with Gasteiger partial charge in [0.05, 0.1) is 0 Å². The first kappa shape index (κ1) is 16.3. The summed E-state index contributed by atoms with van der Waals surface area (Å²) in [5.41, 5.74) is 5.75. The maximum atomic E-state index is 3.63. The molecular formula is C20H31N. The summed E-state index contributed by atoms with van der Waals surface area (Å²) >= 11 is 0. The topological polar surface area (TPSA) is 12.0 Å². The van der Waals surface area contributed by atoms with E-state index in [1.165, 1.54) is 48.8 Å². The van der Waals surface area contributed by atoms with Gasteiger partial charge < -0.3 is 5.32 Å². The molecular weight excluding hydrogens is 254 g/mol. The van der Waals surface area contributed by atoms with Gasteiger partial charge in [0.15, 0.2) is 0 Å². The zero-order valence-electron chi connectivity index (χ0n) is 14.2. The number of benzene rings is 1. The molecule has 1 aromatic carbocycles. The van der Waals surface area contributed by atoms with E-state index in [2.05, 4.69) is 57.3 Å². The molecule has 0 spiro atoms. The largest absolute Gasteiger partial charge is 0.311 e. The van der Waals surface area contributed by atoms with Crippen molar-refractivity contribution < 1.29 is 0 Å². The minimum absolute atomic E-state index is 0.551. The van der Waals surface area contributed by atoms with Gasteiger partial charge in [-0.05, 0) is 43.7 Å². The summed E-state index contributed by atoms with van der Waals surface area (Å²) in [6.45, 7) is 9.91. The Morgan fingerprint density at radius 3 is 2.57 bits per heavy atom. The molecule has 0 aromatic heterocycles. The molecule has 0 amide bonds. The number of hydrogen-bond donors (Lipinski definition) is 1. The SMILES string of the molecule is Cc1ccc(C)c(/C=C(/CNC(C)C)C2CCCCC2)c1. The maximum absolute atomic E-state index is 3.63. The van der Waals surface area contributed by atoms with Crippen LogP contribution in [0.25, 0.3) is 6.08 Å². The van der Waals surface area contributed by atoms with Gasteiger partial charge in [-0.2, -0.15) is 0 Å². The van der Waals surface area contributed by atoms with E-state index >= 15 is 0 Å². The highest BCUT2D eigenvalue weighted by atomic mass is 14.9. The van der Waals surface area contributed by atoms with Crippen LogP contribution in [0.1, 0.15) is 62.6 Å². The van der Waals surface area contributed by atoms with E-state index in [9.17, 15) is 0 Å². The lowest BCUT2D eigenvalue weighted by Gasteiger charge is -2.26. The van der Waals surface area contributed by atoms with Gasteiger partial charge in [0, 0.05) is 12.6 Å². The summed E-state index contributed by atoms with van der Waals surface area (Å²) in [4.78, 5) is 0. The van der Waals surface area contributed by atoms with E-state index in [1.807, 2.05) is 0 Å². The Kier molecular flexibility index (Phi) is 6.05. The molecule has 2 rings (SSSR count). The Morgan fingerprint density at radius 1 is 1.19 bits per heavy atom. The fraction of sp³-hybridized carbons (Fsp3) is 0.600. The Balaban J connectivity index is 2.23. The molecule has 21 heavy (non-hydrogen) atoms. The second kappa shape index (κ2) is 7.79. The minimum atomic E-state index is 0.551. The van der Waals surface area contributed by atoms with E-state index in [1.54, 1.807) is 5.57 Å². The Labute approximate surface area is 130 Å².